The second-order valence-corrected chi connectivity index (χ2v) is 4.28. The van der Waals surface area contributed by atoms with Crippen molar-refractivity contribution in [1.82, 2.24) is 4.98 Å². The van der Waals surface area contributed by atoms with Crippen molar-refractivity contribution in [1.29, 1.82) is 0 Å². The third-order valence-electron chi connectivity index (χ3n) is 2.96. The van der Waals surface area contributed by atoms with E-state index in [1.165, 1.54) is 0 Å². The van der Waals surface area contributed by atoms with Crippen LogP contribution < -0.4 is 4.74 Å². The number of alkyl halides is 2. The van der Waals surface area contributed by atoms with Crippen LogP contribution in [0.1, 0.15) is 24.5 Å². The Balaban J connectivity index is 1.95. The number of pyridine rings is 1. The molecule has 2 rings (SSSR count). The Morgan fingerprint density at radius 2 is 2.25 bits per heavy atom. The Morgan fingerprint density at radius 1 is 1.56 bits per heavy atom. The number of hydrogen-bond acceptors (Lipinski definition) is 2. The quantitative estimate of drug-likeness (QED) is 0.788. The van der Waals surface area contributed by atoms with Crippen molar-refractivity contribution in [3.8, 4) is 5.88 Å². The van der Waals surface area contributed by atoms with Crippen molar-refractivity contribution >= 4 is 0 Å². The highest BCUT2D eigenvalue weighted by Crippen LogP contribution is 2.48. The van der Waals surface area contributed by atoms with Gasteiger partial charge < -0.3 is 4.74 Å². The van der Waals surface area contributed by atoms with Crippen LogP contribution in [-0.2, 0) is 6.42 Å². The van der Waals surface area contributed by atoms with E-state index in [0.29, 0.717) is 5.88 Å². The lowest BCUT2D eigenvalue weighted by molar-refractivity contribution is 0.0849. The molecule has 16 heavy (non-hydrogen) atoms. The van der Waals surface area contributed by atoms with E-state index < -0.39 is 11.8 Å². The summed E-state index contributed by atoms with van der Waals surface area (Å²) in [7, 11) is 0. The van der Waals surface area contributed by atoms with E-state index in [0.717, 1.165) is 17.5 Å². The normalized spacial score (nSPS) is 21.9. The number of halogens is 2. The third kappa shape index (κ3) is 2.31. The van der Waals surface area contributed by atoms with E-state index >= 15 is 0 Å². The van der Waals surface area contributed by atoms with E-state index in [4.69, 9.17) is 4.74 Å². The maximum Gasteiger partial charge on any atom is 0.255 e. The Bertz CT molecular complexity index is 393. The highest BCUT2D eigenvalue weighted by atomic mass is 19.3. The van der Waals surface area contributed by atoms with Crippen molar-refractivity contribution in [2.45, 2.75) is 32.6 Å². The lowest BCUT2D eigenvalue weighted by atomic mass is 10.1. The first-order valence-corrected chi connectivity index (χ1v) is 5.49. The van der Waals surface area contributed by atoms with Gasteiger partial charge in [-0.1, -0.05) is 6.92 Å². The van der Waals surface area contributed by atoms with Gasteiger partial charge in [0.05, 0.1) is 12.5 Å². The SMILES string of the molecule is CCc1cc(OCC2CC2(F)F)ncc1C. The summed E-state index contributed by atoms with van der Waals surface area (Å²) in [6.07, 6.45) is 2.56. The van der Waals surface area contributed by atoms with Crippen LogP contribution in [0.25, 0.3) is 0 Å². The molecule has 1 atom stereocenters. The van der Waals surface area contributed by atoms with Gasteiger partial charge in [-0.15, -0.1) is 0 Å². The molecule has 0 amide bonds. The van der Waals surface area contributed by atoms with Gasteiger partial charge in [-0.2, -0.15) is 0 Å². The molecule has 0 bridgehead atoms. The van der Waals surface area contributed by atoms with Gasteiger partial charge in [0.25, 0.3) is 5.92 Å². The number of aryl methyl sites for hydroxylation is 2. The molecule has 0 aromatic carbocycles. The van der Waals surface area contributed by atoms with Gasteiger partial charge in [-0.05, 0) is 24.5 Å². The topological polar surface area (TPSA) is 22.1 Å². The molecule has 0 N–H and O–H groups in total. The minimum absolute atomic E-state index is 0.0561. The Morgan fingerprint density at radius 3 is 2.81 bits per heavy atom. The average molecular weight is 227 g/mol. The molecule has 1 fully saturated rings. The average Bonchev–Trinajstić information content (AvgIpc) is 2.85. The molecule has 0 saturated heterocycles. The molecular weight excluding hydrogens is 212 g/mol. The predicted octanol–water partition coefficient (Wildman–Crippen LogP) is 2.99. The first-order chi connectivity index (χ1) is 7.53. The van der Waals surface area contributed by atoms with Crippen LogP contribution in [0.4, 0.5) is 8.78 Å². The minimum Gasteiger partial charge on any atom is -0.477 e. The lowest BCUT2D eigenvalue weighted by Crippen LogP contribution is -2.07. The summed E-state index contributed by atoms with van der Waals surface area (Å²) in [5, 5.41) is 0. The number of hydrogen-bond donors (Lipinski definition) is 0. The number of aromatic nitrogens is 1. The first-order valence-electron chi connectivity index (χ1n) is 5.49. The van der Waals surface area contributed by atoms with E-state index in [1.807, 2.05) is 19.9 Å². The summed E-state index contributed by atoms with van der Waals surface area (Å²) in [6, 6.07) is 1.83. The van der Waals surface area contributed by atoms with Crippen molar-refractivity contribution in [3.63, 3.8) is 0 Å². The van der Waals surface area contributed by atoms with Gasteiger partial charge in [0.1, 0.15) is 0 Å². The maximum atomic E-state index is 12.6. The van der Waals surface area contributed by atoms with Gasteiger partial charge in [0, 0.05) is 18.7 Å². The summed E-state index contributed by atoms with van der Waals surface area (Å²) in [4.78, 5) is 4.07. The molecule has 2 nitrogen and oxygen atoms in total. The summed E-state index contributed by atoms with van der Waals surface area (Å²) in [6.45, 7) is 4.08. The predicted molar refractivity (Wildman–Crippen MR) is 56.9 cm³/mol. The zero-order valence-corrected chi connectivity index (χ0v) is 9.46. The van der Waals surface area contributed by atoms with E-state index in [1.54, 1.807) is 6.20 Å². The highest BCUT2D eigenvalue weighted by molar-refractivity contribution is 5.28. The molecule has 1 aliphatic carbocycles. The summed E-state index contributed by atoms with van der Waals surface area (Å²) < 4.78 is 30.5. The second kappa shape index (κ2) is 4.00. The standard InChI is InChI=1S/C12H15F2NO/c1-3-9-4-11(15-6-8(9)2)16-7-10-5-12(10,13)14/h4,6,10H,3,5,7H2,1-2H3. The zero-order valence-electron chi connectivity index (χ0n) is 9.46. The van der Waals surface area contributed by atoms with Gasteiger partial charge in [-0.25, -0.2) is 13.8 Å². The molecule has 1 aromatic heterocycles. The Hall–Kier alpha value is -1.19. The van der Waals surface area contributed by atoms with Crippen LogP contribution in [0.3, 0.4) is 0 Å². The number of rotatable bonds is 4. The van der Waals surface area contributed by atoms with Crippen LogP contribution in [0.15, 0.2) is 12.3 Å². The van der Waals surface area contributed by atoms with Crippen molar-refractivity contribution < 1.29 is 13.5 Å². The zero-order chi connectivity index (χ0) is 11.8. The minimum atomic E-state index is -2.52. The molecular formula is C12H15F2NO. The molecule has 0 aliphatic heterocycles. The van der Waals surface area contributed by atoms with Crippen molar-refractivity contribution in [3.05, 3.63) is 23.4 Å². The molecule has 1 heterocycles. The van der Waals surface area contributed by atoms with Gasteiger partial charge in [0.15, 0.2) is 0 Å². The van der Waals surface area contributed by atoms with Crippen LogP contribution in [0, 0.1) is 12.8 Å². The Kier molecular flexibility index (Phi) is 2.82. The Labute approximate surface area is 93.6 Å². The summed E-state index contributed by atoms with van der Waals surface area (Å²) >= 11 is 0. The van der Waals surface area contributed by atoms with Crippen LogP contribution in [-0.4, -0.2) is 17.5 Å². The van der Waals surface area contributed by atoms with Gasteiger partial charge in [-0.3, -0.25) is 0 Å². The van der Waals surface area contributed by atoms with E-state index in [-0.39, 0.29) is 13.0 Å². The van der Waals surface area contributed by atoms with Crippen LogP contribution >= 0.6 is 0 Å². The molecule has 1 unspecified atom stereocenters. The fourth-order valence-electron chi connectivity index (χ4n) is 1.64. The molecule has 1 aromatic rings. The summed E-state index contributed by atoms with van der Waals surface area (Å²) in [5.74, 6) is -2.69. The number of nitrogens with zero attached hydrogens (tertiary/aromatic N) is 1. The lowest BCUT2D eigenvalue weighted by Gasteiger charge is -2.07. The van der Waals surface area contributed by atoms with Gasteiger partial charge in [0.2, 0.25) is 5.88 Å². The molecule has 1 saturated carbocycles. The number of ether oxygens (including phenoxy) is 1. The highest BCUT2D eigenvalue weighted by Gasteiger charge is 2.57. The van der Waals surface area contributed by atoms with Crippen LogP contribution in [0.2, 0.25) is 0 Å². The largest absolute Gasteiger partial charge is 0.477 e. The molecule has 88 valence electrons. The molecule has 0 spiro atoms. The smallest absolute Gasteiger partial charge is 0.255 e. The molecule has 4 heteroatoms. The van der Waals surface area contributed by atoms with Gasteiger partial charge >= 0.3 is 0 Å². The third-order valence-corrected chi connectivity index (χ3v) is 2.96. The fraction of sp³-hybridized carbons (Fsp3) is 0.583. The molecule has 0 radical (unpaired) electrons. The maximum absolute atomic E-state index is 12.6. The second-order valence-electron chi connectivity index (χ2n) is 4.28. The van der Waals surface area contributed by atoms with Crippen LogP contribution in [0.5, 0.6) is 5.88 Å². The first kappa shape index (κ1) is 11.3. The fourth-order valence-corrected chi connectivity index (χ4v) is 1.64. The van der Waals surface area contributed by atoms with E-state index in [9.17, 15) is 8.78 Å². The molecule has 1 aliphatic rings. The monoisotopic (exact) mass is 227 g/mol. The van der Waals surface area contributed by atoms with Crippen molar-refractivity contribution in [2.75, 3.05) is 6.61 Å². The van der Waals surface area contributed by atoms with Crippen molar-refractivity contribution in [2.24, 2.45) is 5.92 Å². The van der Waals surface area contributed by atoms with E-state index in [2.05, 4.69) is 4.98 Å². The summed E-state index contributed by atoms with van der Waals surface area (Å²) in [5.41, 5.74) is 2.25.